The minimum absolute atomic E-state index is 0.134. The Labute approximate surface area is 157 Å². The summed E-state index contributed by atoms with van der Waals surface area (Å²) in [5.41, 5.74) is 0.701. The molecule has 1 unspecified atom stereocenters. The Morgan fingerprint density at radius 2 is 1.93 bits per heavy atom. The summed E-state index contributed by atoms with van der Waals surface area (Å²) in [6, 6.07) is 9.10. The van der Waals surface area contributed by atoms with Crippen LogP contribution in [0.5, 0.6) is 0 Å². The van der Waals surface area contributed by atoms with Crippen LogP contribution < -0.4 is 11.2 Å². The Morgan fingerprint density at radius 1 is 1.14 bits per heavy atom. The molecule has 0 fully saturated rings. The third kappa shape index (κ3) is 3.11. The van der Waals surface area contributed by atoms with Crippen molar-refractivity contribution in [3.05, 3.63) is 80.5 Å². The Morgan fingerprint density at radius 3 is 2.61 bits per heavy atom. The molecule has 2 aliphatic rings. The van der Waals surface area contributed by atoms with E-state index in [0.29, 0.717) is 12.2 Å². The fourth-order valence-electron chi connectivity index (χ4n) is 3.12. The first-order chi connectivity index (χ1) is 13.6. The molecule has 0 amide bonds. The highest BCUT2D eigenvalue weighted by Gasteiger charge is 2.26. The topological polar surface area (TPSA) is 139 Å². The Balaban J connectivity index is 1.90. The summed E-state index contributed by atoms with van der Waals surface area (Å²) in [4.78, 5) is 38.6. The van der Waals surface area contributed by atoms with Gasteiger partial charge in [0.25, 0.3) is 5.56 Å². The molecule has 2 aliphatic heterocycles. The number of aromatic nitrogens is 6. The van der Waals surface area contributed by atoms with E-state index >= 15 is 0 Å². The normalized spacial score (nSPS) is 12.2. The quantitative estimate of drug-likeness (QED) is 0.436. The van der Waals surface area contributed by atoms with Gasteiger partial charge in [-0.15, -0.1) is 0 Å². The number of H-pyrrole nitrogens is 3. The summed E-state index contributed by atoms with van der Waals surface area (Å²) >= 11 is 0. The molecular formula is C18H16N6O4. The third-order valence-corrected chi connectivity index (χ3v) is 4.45. The highest BCUT2D eigenvalue weighted by molar-refractivity contribution is 5.95. The maximum Gasteiger partial charge on any atom is 0.341 e. The maximum atomic E-state index is 12.2. The van der Waals surface area contributed by atoms with Crippen LogP contribution in [0.15, 0.2) is 52.3 Å². The second kappa shape index (κ2) is 6.99. The number of nitrogens with zero attached hydrogens (tertiary/aromatic N) is 3. The standard InChI is InChI=1S/C18H16N6O4/c1-28-17(26)12-9-24(8-11-14(12)20-22-16(11)25)13(15-19-18(27)23-21-15)7-10-5-3-2-4-6-10/h2-6,8-9,13H,7H2,1H3,(H,22,25)(H2,19,21,23,27). The van der Waals surface area contributed by atoms with E-state index in [1.54, 1.807) is 10.8 Å². The maximum absolute atomic E-state index is 12.2. The van der Waals surface area contributed by atoms with Crippen molar-refractivity contribution in [2.24, 2.45) is 0 Å². The van der Waals surface area contributed by atoms with E-state index in [9.17, 15) is 14.4 Å². The molecule has 28 heavy (non-hydrogen) atoms. The minimum atomic E-state index is -0.625. The van der Waals surface area contributed by atoms with Gasteiger partial charge in [0.05, 0.1) is 18.7 Å². The second-order valence-electron chi connectivity index (χ2n) is 6.19. The predicted molar refractivity (Wildman–Crippen MR) is 98.3 cm³/mol. The zero-order valence-electron chi connectivity index (χ0n) is 14.8. The van der Waals surface area contributed by atoms with Crippen LogP contribution in [-0.2, 0) is 11.2 Å². The lowest BCUT2D eigenvalue weighted by Gasteiger charge is -2.20. The van der Waals surface area contributed by atoms with Crippen LogP contribution in [0.4, 0.5) is 0 Å². The number of rotatable bonds is 5. The van der Waals surface area contributed by atoms with Gasteiger partial charge in [-0.2, -0.15) is 10.2 Å². The summed E-state index contributed by atoms with van der Waals surface area (Å²) in [5, 5.41) is 12.7. The Kier molecular flexibility index (Phi) is 4.36. The highest BCUT2D eigenvalue weighted by atomic mass is 16.5. The molecule has 0 radical (unpaired) electrons. The van der Waals surface area contributed by atoms with Gasteiger partial charge in [0.15, 0.2) is 5.82 Å². The van der Waals surface area contributed by atoms with E-state index in [-0.39, 0.29) is 16.8 Å². The number of carbonyl (C=O) groups is 1. The van der Waals surface area contributed by atoms with Crippen molar-refractivity contribution in [3.8, 4) is 11.3 Å². The largest absolute Gasteiger partial charge is 0.465 e. The fraction of sp³-hybridized carbons (Fsp3) is 0.167. The van der Waals surface area contributed by atoms with Crippen LogP contribution in [0, 0.1) is 0 Å². The second-order valence-corrected chi connectivity index (χ2v) is 6.19. The molecule has 1 aromatic carbocycles. The lowest BCUT2D eigenvalue weighted by molar-refractivity contribution is 0.0600. The number of methoxy groups -OCH3 is 1. The molecule has 10 nitrogen and oxygen atoms in total. The number of benzene rings is 1. The average molecular weight is 380 g/mol. The fourth-order valence-corrected chi connectivity index (χ4v) is 3.12. The minimum Gasteiger partial charge on any atom is -0.465 e. The van der Waals surface area contributed by atoms with Gasteiger partial charge >= 0.3 is 11.7 Å². The van der Waals surface area contributed by atoms with Crippen molar-refractivity contribution >= 4 is 5.97 Å². The van der Waals surface area contributed by atoms with Gasteiger partial charge in [-0.25, -0.2) is 19.8 Å². The van der Waals surface area contributed by atoms with Crippen molar-refractivity contribution in [1.29, 1.82) is 0 Å². The molecule has 10 heteroatoms. The van der Waals surface area contributed by atoms with E-state index in [1.165, 1.54) is 13.3 Å². The summed E-state index contributed by atoms with van der Waals surface area (Å²) in [6.07, 6.45) is 3.58. The van der Waals surface area contributed by atoms with Crippen molar-refractivity contribution in [3.63, 3.8) is 0 Å². The SMILES string of the molecule is COC(=O)c1cn(C(Cc2ccccc2)c2n[nH]c(=O)[nH]2)cc2c(=O)[nH]nc1-2. The number of hydrogen-bond donors (Lipinski definition) is 3. The highest BCUT2D eigenvalue weighted by Crippen LogP contribution is 2.26. The first-order valence-corrected chi connectivity index (χ1v) is 8.43. The van der Waals surface area contributed by atoms with Gasteiger partial charge in [-0.05, 0) is 5.56 Å². The van der Waals surface area contributed by atoms with Crippen LogP contribution in [0.2, 0.25) is 0 Å². The average Bonchev–Trinajstić information content (AvgIpc) is 3.31. The van der Waals surface area contributed by atoms with Gasteiger partial charge < -0.3 is 9.30 Å². The third-order valence-electron chi connectivity index (χ3n) is 4.45. The molecule has 3 N–H and O–H groups in total. The molecule has 0 saturated heterocycles. The zero-order valence-corrected chi connectivity index (χ0v) is 14.8. The number of hydrogen-bond acceptors (Lipinski definition) is 6. The molecule has 0 bridgehead atoms. The van der Waals surface area contributed by atoms with Gasteiger partial charge in [0.1, 0.15) is 11.3 Å². The molecule has 0 aliphatic carbocycles. The van der Waals surface area contributed by atoms with Crippen molar-refractivity contribution in [1.82, 2.24) is 29.9 Å². The van der Waals surface area contributed by atoms with Gasteiger partial charge in [0, 0.05) is 18.8 Å². The number of aromatic amines is 3. The molecule has 1 atom stereocenters. The van der Waals surface area contributed by atoms with Gasteiger partial charge in [0.2, 0.25) is 0 Å². The lowest BCUT2D eigenvalue weighted by Crippen LogP contribution is -2.20. The summed E-state index contributed by atoms with van der Waals surface area (Å²) in [7, 11) is 1.25. The van der Waals surface area contributed by atoms with Crippen LogP contribution in [0.25, 0.3) is 11.3 Å². The molecule has 2 aromatic rings. The number of ether oxygens (including phenoxy) is 1. The number of carbonyl (C=O) groups excluding carboxylic acids is 1. The van der Waals surface area contributed by atoms with Crippen molar-refractivity contribution in [2.45, 2.75) is 12.5 Å². The number of nitrogens with one attached hydrogen (secondary N) is 3. The van der Waals surface area contributed by atoms with E-state index in [1.807, 2.05) is 30.3 Å². The molecule has 3 heterocycles. The van der Waals surface area contributed by atoms with Gasteiger partial charge in [-0.1, -0.05) is 30.3 Å². The summed E-state index contributed by atoms with van der Waals surface area (Å²) < 4.78 is 6.49. The van der Waals surface area contributed by atoms with E-state index in [4.69, 9.17) is 4.74 Å². The molecule has 142 valence electrons. The number of fused-ring (bicyclic) bond motifs is 1. The smallest absolute Gasteiger partial charge is 0.341 e. The van der Waals surface area contributed by atoms with Gasteiger partial charge in [-0.3, -0.25) is 9.78 Å². The summed E-state index contributed by atoms with van der Waals surface area (Å²) in [5.74, 6) is -0.259. The first kappa shape index (κ1) is 17.5. The Bertz CT molecular complexity index is 1200. The zero-order chi connectivity index (χ0) is 19.7. The molecule has 0 saturated carbocycles. The lowest BCUT2D eigenvalue weighted by atomic mass is 10.0. The monoisotopic (exact) mass is 380 g/mol. The van der Waals surface area contributed by atoms with Crippen LogP contribution in [-0.4, -0.2) is 43.0 Å². The number of esters is 1. The van der Waals surface area contributed by atoms with E-state index in [2.05, 4.69) is 25.4 Å². The predicted octanol–water partition coefficient (Wildman–Crippen LogP) is 0.706. The van der Waals surface area contributed by atoms with E-state index < -0.39 is 23.3 Å². The van der Waals surface area contributed by atoms with Crippen LogP contribution in [0.1, 0.15) is 27.8 Å². The van der Waals surface area contributed by atoms with E-state index in [0.717, 1.165) is 5.56 Å². The molecule has 0 spiro atoms. The van der Waals surface area contributed by atoms with Crippen LogP contribution in [0.3, 0.4) is 0 Å². The number of pyridine rings is 1. The van der Waals surface area contributed by atoms with Crippen LogP contribution >= 0.6 is 0 Å². The van der Waals surface area contributed by atoms with Crippen molar-refractivity contribution in [2.75, 3.05) is 7.11 Å². The summed E-state index contributed by atoms with van der Waals surface area (Å²) in [6.45, 7) is 0. The van der Waals surface area contributed by atoms with Crippen molar-refractivity contribution < 1.29 is 9.53 Å². The molecular weight excluding hydrogens is 364 g/mol. The first-order valence-electron chi connectivity index (χ1n) is 8.43. The molecule has 4 rings (SSSR count). The Hall–Kier alpha value is -3.95. The molecule has 1 aromatic heterocycles.